The Kier molecular flexibility index (Phi) is 6.64. The number of carbonyl (C=O) groups is 3. The zero-order valence-corrected chi connectivity index (χ0v) is 17.6. The van der Waals surface area contributed by atoms with Gasteiger partial charge in [0.2, 0.25) is 0 Å². The molecule has 0 fully saturated rings. The summed E-state index contributed by atoms with van der Waals surface area (Å²) in [4.78, 5) is 38.0. The maximum atomic E-state index is 12.6. The number of rotatable bonds is 4. The summed E-state index contributed by atoms with van der Waals surface area (Å²) in [6.07, 6.45) is -0.570. The number of anilines is 2. The van der Waals surface area contributed by atoms with Crippen molar-refractivity contribution in [1.82, 2.24) is 4.90 Å². The van der Waals surface area contributed by atoms with Gasteiger partial charge in [0.25, 0.3) is 11.8 Å². The van der Waals surface area contributed by atoms with Gasteiger partial charge in [-0.05, 0) is 69.7 Å². The van der Waals surface area contributed by atoms with Gasteiger partial charge in [0.05, 0.1) is 0 Å². The van der Waals surface area contributed by atoms with Crippen molar-refractivity contribution in [2.75, 3.05) is 24.7 Å². The van der Waals surface area contributed by atoms with Gasteiger partial charge in [0.1, 0.15) is 5.60 Å². The summed E-state index contributed by atoms with van der Waals surface area (Å²) in [5.41, 5.74) is 2.24. The number of hydrogen-bond donors (Lipinski definition) is 2. The monoisotopic (exact) mass is 397 g/mol. The van der Waals surface area contributed by atoms with E-state index < -0.39 is 11.7 Å². The van der Waals surface area contributed by atoms with Crippen molar-refractivity contribution in [3.05, 3.63) is 59.2 Å². The molecule has 0 saturated heterocycles. The predicted molar refractivity (Wildman–Crippen MR) is 113 cm³/mol. The first-order chi connectivity index (χ1) is 13.5. The first kappa shape index (κ1) is 21.9. The number of benzene rings is 2. The molecule has 0 aliphatic heterocycles. The molecule has 2 N–H and O–H groups in total. The van der Waals surface area contributed by atoms with Crippen LogP contribution in [0.15, 0.2) is 42.5 Å². The highest BCUT2D eigenvalue weighted by molar-refractivity contribution is 6.05. The molecular weight excluding hydrogens is 370 g/mol. The molecule has 29 heavy (non-hydrogen) atoms. The van der Waals surface area contributed by atoms with Gasteiger partial charge in [0, 0.05) is 36.6 Å². The summed E-state index contributed by atoms with van der Waals surface area (Å²) in [5, 5.41) is 5.49. The fourth-order valence-electron chi connectivity index (χ4n) is 2.47. The SMILES string of the molecule is Cc1ccc(NC(=O)OC(C)(C)C)cc1NC(=O)c1ccc(C(=O)N(C)C)cc1. The lowest BCUT2D eigenvalue weighted by molar-refractivity contribution is 0.0635. The van der Waals surface area contributed by atoms with E-state index >= 15 is 0 Å². The van der Waals surface area contributed by atoms with E-state index in [4.69, 9.17) is 4.74 Å². The second-order valence-electron chi connectivity index (χ2n) is 7.89. The van der Waals surface area contributed by atoms with E-state index in [2.05, 4.69) is 10.6 Å². The van der Waals surface area contributed by atoms with Crippen LogP contribution < -0.4 is 10.6 Å². The summed E-state index contributed by atoms with van der Waals surface area (Å²) >= 11 is 0. The van der Waals surface area contributed by atoms with Crippen LogP contribution in [0.3, 0.4) is 0 Å². The number of ether oxygens (including phenoxy) is 1. The minimum absolute atomic E-state index is 0.131. The fourth-order valence-corrected chi connectivity index (χ4v) is 2.47. The highest BCUT2D eigenvalue weighted by atomic mass is 16.6. The molecule has 0 heterocycles. The Balaban J connectivity index is 2.12. The molecule has 0 spiro atoms. The Labute approximate surface area is 171 Å². The third kappa shape index (κ3) is 6.34. The fraction of sp³-hybridized carbons (Fsp3) is 0.318. The van der Waals surface area contributed by atoms with Crippen LogP contribution in [0.2, 0.25) is 0 Å². The largest absolute Gasteiger partial charge is 0.444 e. The van der Waals surface area contributed by atoms with Crippen LogP contribution in [0, 0.1) is 6.92 Å². The molecule has 0 saturated carbocycles. The Morgan fingerprint density at radius 2 is 1.48 bits per heavy atom. The molecule has 3 amide bonds. The first-order valence-corrected chi connectivity index (χ1v) is 9.20. The highest BCUT2D eigenvalue weighted by Crippen LogP contribution is 2.22. The third-order valence-corrected chi connectivity index (χ3v) is 3.93. The molecule has 0 bridgehead atoms. The normalized spacial score (nSPS) is 10.8. The molecule has 2 rings (SSSR count). The number of hydrogen-bond acceptors (Lipinski definition) is 4. The Morgan fingerprint density at radius 3 is 2.03 bits per heavy atom. The van der Waals surface area contributed by atoms with Crippen LogP contribution >= 0.6 is 0 Å². The lowest BCUT2D eigenvalue weighted by Gasteiger charge is -2.20. The van der Waals surface area contributed by atoms with E-state index in [-0.39, 0.29) is 11.8 Å². The zero-order chi connectivity index (χ0) is 21.8. The summed E-state index contributed by atoms with van der Waals surface area (Å²) in [6, 6.07) is 11.6. The molecule has 0 aliphatic carbocycles. The molecule has 2 aromatic carbocycles. The minimum Gasteiger partial charge on any atom is -0.444 e. The van der Waals surface area contributed by atoms with Crippen LogP contribution in [-0.2, 0) is 4.74 Å². The number of carbonyl (C=O) groups excluding carboxylic acids is 3. The molecule has 0 aliphatic rings. The van der Waals surface area contributed by atoms with Crippen molar-refractivity contribution < 1.29 is 19.1 Å². The van der Waals surface area contributed by atoms with Gasteiger partial charge >= 0.3 is 6.09 Å². The highest BCUT2D eigenvalue weighted by Gasteiger charge is 2.17. The van der Waals surface area contributed by atoms with E-state index in [1.165, 1.54) is 4.90 Å². The molecule has 0 atom stereocenters. The third-order valence-electron chi connectivity index (χ3n) is 3.93. The summed E-state index contributed by atoms with van der Waals surface area (Å²) in [6.45, 7) is 7.20. The molecule has 0 aromatic heterocycles. The Bertz CT molecular complexity index is 913. The number of aryl methyl sites for hydroxylation is 1. The minimum atomic E-state index is -0.605. The maximum absolute atomic E-state index is 12.6. The topological polar surface area (TPSA) is 87.7 Å². The van der Waals surface area contributed by atoms with Crippen LogP contribution in [-0.4, -0.2) is 42.5 Å². The number of amides is 3. The lowest BCUT2D eigenvalue weighted by Crippen LogP contribution is -2.27. The lowest BCUT2D eigenvalue weighted by atomic mass is 10.1. The van der Waals surface area contributed by atoms with Gasteiger partial charge in [-0.3, -0.25) is 14.9 Å². The van der Waals surface area contributed by atoms with Gasteiger partial charge in [-0.1, -0.05) is 6.07 Å². The van der Waals surface area contributed by atoms with Crippen molar-refractivity contribution in [2.24, 2.45) is 0 Å². The predicted octanol–water partition coefficient (Wildman–Crippen LogP) is 4.30. The second-order valence-corrected chi connectivity index (χ2v) is 7.89. The van der Waals surface area contributed by atoms with Crippen LogP contribution in [0.1, 0.15) is 47.1 Å². The van der Waals surface area contributed by atoms with Crippen molar-refractivity contribution in [3.8, 4) is 0 Å². The number of nitrogens with one attached hydrogen (secondary N) is 2. The molecule has 7 heteroatoms. The van der Waals surface area contributed by atoms with E-state index in [0.717, 1.165) is 5.56 Å². The van der Waals surface area contributed by atoms with E-state index in [0.29, 0.717) is 22.5 Å². The van der Waals surface area contributed by atoms with Crippen molar-refractivity contribution >= 4 is 29.3 Å². The summed E-state index contributed by atoms with van der Waals surface area (Å²) in [5.74, 6) is -0.444. The van der Waals surface area contributed by atoms with Crippen molar-refractivity contribution in [3.63, 3.8) is 0 Å². The molecule has 0 radical (unpaired) electrons. The van der Waals surface area contributed by atoms with Gasteiger partial charge in [-0.25, -0.2) is 4.79 Å². The average molecular weight is 397 g/mol. The molecular formula is C22H27N3O4. The zero-order valence-electron chi connectivity index (χ0n) is 17.6. The molecule has 0 unspecified atom stereocenters. The summed E-state index contributed by atoms with van der Waals surface area (Å²) in [7, 11) is 3.34. The first-order valence-electron chi connectivity index (χ1n) is 9.20. The van der Waals surface area contributed by atoms with Crippen LogP contribution in [0.25, 0.3) is 0 Å². The average Bonchev–Trinajstić information content (AvgIpc) is 2.62. The van der Waals surface area contributed by atoms with Crippen LogP contribution in [0.4, 0.5) is 16.2 Å². The quantitative estimate of drug-likeness (QED) is 0.805. The summed E-state index contributed by atoms with van der Waals surface area (Å²) < 4.78 is 5.24. The smallest absolute Gasteiger partial charge is 0.412 e. The standard InChI is InChI=1S/C22H27N3O4/c1-14-7-12-17(23-21(28)29-22(2,3)4)13-18(14)24-19(26)15-8-10-16(11-9-15)20(27)25(5)6/h7-13H,1-6H3,(H,23,28)(H,24,26). The van der Waals surface area contributed by atoms with Crippen molar-refractivity contribution in [2.45, 2.75) is 33.3 Å². The van der Waals surface area contributed by atoms with E-state index in [1.807, 2.05) is 6.92 Å². The maximum Gasteiger partial charge on any atom is 0.412 e. The van der Waals surface area contributed by atoms with E-state index in [9.17, 15) is 14.4 Å². The van der Waals surface area contributed by atoms with E-state index in [1.54, 1.807) is 77.3 Å². The Hall–Kier alpha value is -3.35. The Morgan fingerprint density at radius 1 is 0.897 bits per heavy atom. The molecule has 154 valence electrons. The van der Waals surface area contributed by atoms with Gasteiger partial charge in [-0.15, -0.1) is 0 Å². The van der Waals surface area contributed by atoms with Gasteiger partial charge in [0.15, 0.2) is 0 Å². The molecule has 2 aromatic rings. The van der Waals surface area contributed by atoms with Crippen LogP contribution in [0.5, 0.6) is 0 Å². The molecule has 7 nitrogen and oxygen atoms in total. The van der Waals surface area contributed by atoms with Gasteiger partial charge < -0.3 is 15.0 Å². The van der Waals surface area contributed by atoms with Gasteiger partial charge in [-0.2, -0.15) is 0 Å². The second kappa shape index (κ2) is 8.77. The van der Waals surface area contributed by atoms with Crippen molar-refractivity contribution in [1.29, 1.82) is 0 Å². The number of nitrogens with zero attached hydrogens (tertiary/aromatic N) is 1.